The van der Waals surface area contributed by atoms with Gasteiger partial charge in [0.25, 0.3) is 0 Å². The van der Waals surface area contributed by atoms with E-state index in [1.165, 1.54) is 31.3 Å². The van der Waals surface area contributed by atoms with Gasteiger partial charge in [-0.05, 0) is 67.0 Å². The van der Waals surface area contributed by atoms with E-state index in [2.05, 4.69) is 26.9 Å². The Morgan fingerprint density at radius 2 is 1.71 bits per heavy atom. The maximum Gasteiger partial charge on any atom is 0.354 e. The first kappa shape index (κ1) is 20.3. The molecule has 4 unspecified atom stereocenters. The van der Waals surface area contributed by atoms with Gasteiger partial charge in [-0.15, -0.1) is 0 Å². The fraction of sp³-hybridized carbons (Fsp3) is 0.500. The average molecular weight is 421 g/mol. The molecule has 3 heterocycles. The Bertz CT molecular complexity index is 989. The number of likely N-dealkylation sites (tertiary alicyclic amines) is 1. The van der Waals surface area contributed by atoms with E-state index in [4.69, 9.17) is 11.5 Å². The standard InChI is InChI=1S/C21H25N5O.C3H7N/c22-20-17-11-25(12-18(17)20)19-5-6-26(21(27)23-19)16-3-1-13(2-4-16)8-24-9-14-7-15(14)10-24;1-2-3-4/h1-6,14-15,17-18,20H,7-12,22H2;2-3H,4H2,1H3. The zero-order valence-corrected chi connectivity index (χ0v) is 18.1. The van der Waals surface area contributed by atoms with Crippen molar-refractivity contribution in [3.63, 3.8) is 0 Å². The smallest absolute Gasteiger partial charge is 0.354 e. The summed E-state index contributed by atoms with van der Waals surface area (Å²) < 4.78 is 1.63. The Morgan fingerprint density at radius 1 is 1.06 bits per heavy atom. The van der Waals surface area contributed by atoms with Crippen molar-refractivity contribution in [3.05, 3.63) is 64.9 Å². The Labute approximate surface area is 183 Å². The van der Waals surface area contributed by atoms with Crippen molar-refractivity contribution in [1.29, 1.82) is 0 Å². The number of allylic oxidation sites excluding steroid dienone is 1. The van der Waals surface area contributed by atoms with Crippen LogP contribution < -0.4 is 22.1 Å². The normalized spacial score (nSPS) is 30.6. The molecule has 6 rings (SSSR count). The van der Waals surface area contributed by atoms with Gasteiger partial charge in [-0.3, -0.25) is 9.47 Å². The molecule has 31 heavy (non-hydrogen) atoms. The van der Waals surface area contributed by atoms with Crippen molar-refractivity contribution in [3.8, 4) is 5.69 Å². The monoisotopic (exact) mass is 420 g/mol. The lowest BCUT2D eigenvalue weighted by molar-refractivity contribution is 0.297. The molecule has 2 aliphatic heterocycles. The highest BCUT2D eigenvalue weighted by Gasteiger charge is 2.53. The summed E-state index contributed by atoms with van der Waals surface area (Å²) in [5.74, 6) is 3.88. The quantitative estimate of drug-likeness (QED) is 0.780. The number of rotatable bonds is 4. The number of hydrogen-bond acceptors (Lipinski definition) is 6. The topological polar surface area (TPSA) is 93.4 Å². The fourth-order valence-corrected chi connectivity index (χ4v) is 5.17. The summed E-state index contributed by atoms with van der Waals surface area (Å²) >= 11 is 0. The number of hydrogen-bond donors (Lipinski definition) is 2. The van der Waals surface area contributed by atoms with E-state index in [-0.39, 0.29) is 5.69 Å². The molecular formula is C24H32N6O. The highest BCUT2D eigenvalue weighted by Crippen LogP contribution is 2.45. The summed E-state index contributed by atoms with van der Waals surface area (Å²) in [6.07, 6.45) is 6.56. The van der Waals surface area contributed by atoms with Crippen LogP contribution in [0.3, 0.4) is 0 Å². The van der Waals surface area contributed by atoms with Crippen molar-refractivity contribution < 1.29 is 0 Å². The molecule has 0 bridgehead atoms. The Kier molecular flexibility index (Phi) is 5.32. The SMILES string of the molecule is CC=CN.NC1C2CN(c3ccn(-c4ccc(CN5CC6CC6C5)cc4)c(=O)n3)CC12. The zero-order chi connectivity index (χ0) is 21.5. The van der Waals surface area contributed by atoms with Crippen molar-refractivity contribution in [2.24, 2.45) is 35.1 Å². The molecule has 0 amide bonds. The molecule has 164 valence electrons. The van der Waals surface area contributed by atoms with Crippen molar-refractivity contribution >= 4 is 5.82 Å². The van der Waals surface area contributed by atoms with Crippen LogP contribution in [0.4, 0.5) is 5.82 Å². The molecule has 1 aromatic heterocycles. The van der Waals surface area contributed by atoms with E-state index in [1.807, 2.05) is 31.3 Å². The summed E-state index contributed by atoms with van der Waals surface area (Å²) in [7, 11) is 0. The first-order chi connectivity index (χ1) is 15.1. The van der Waals surface area contributed by atoms with Crippen LogP contribution in [0.5, 0.6) is 0 Å². The van der Waals surface area contributed by atoms with E-state index in [0.29, 0.717) is 17.9 Å². The van der Waals surface area contributed by atoms with E-state index in [0.717, 1.165) is 43.0 Å². The maximum absolute atomic E-state index is 12.6. The average Bonchev–Trinajstić information content (AvgIpc) is 3.49. The van der Waals surface area contributed by atoms with Gasteiger partial charge >= 0.3 is 5.69 Å². The van der Waals surface area contributed by atoms with E-state index in [9.17, 15) is 4.79 Å². The van der Waals surface area contributed by atoms with Crippen LogP contribution >= 0.6 is 0 Å². The van der Waals surface area contributed by atoms with Gasteiger partial charge in [0.15, 0.2) is 0 Å². The third-order valence-electron chi connectivity index (χ3n) is 7.24. The molecule has 2 aliphatic carbocycles. The first-order valence-corrected chi connectivity index (χ1v) is 11.3. The molecule has 1 aromatic carbocycles. The van der Waals surface area contributed by atoms with E-state index < -0.39 is 0 Å². The minimum absolute atomic E-state index is 0.218. The summed E-state index contributed by atoms with van der Waals surface area (Å²) in [6, 6.07) is 10.6. The molecule has 7 nitrogen and oxygen atoms in total. The first-order valence-electron chi connectivity index (χ1n) is 11.3. The molecule has 2 aromatic rings. The minimum Gasteiger partial charge on any atom is -0.405 e. The van der Waals surface area contributed by atoms with Gasteiger partial charge in [0.2, 0.25) is 0 Å². The van der Waals surface area contributed by atoms with Crippen LogP contribution in [0.25, 0.3) is 5.69 Å². The molecular weight excluding hydrogens is 388 g/mol. The predicted octanol–water partition coefficient (Wildman–Crippen LogP) is 1.56. The number of piperidine rings is 2. The molecule has 4 aliphatic rings. The molecule has 7 heteroatoms. The fourth-order valence-electron chi connectivity index (χ4n) is 5.17. The third-order valence-corrected chi connectivity index (χ3v) is 7.24. The molecule has 2 saturated heterocycles. The van der Waals surface area contributed by atoms with Gasteiger partial charge in [0.05, 0.1) is 5.69 Å². The van der Waals surface area contributed by atoms with Crippen LogP contribution in [0.1, 0.15) is 18.9 Å². The number of benzene rings is 1. The van der Waals surface area contributed by atoms with Crippen molar-refractivity contribution in [2.75, 3.05) is 31.1 Å². The summed E-state index contributed by atoms with van der Waals surface area (Å²) in [4.78, 5) is 21.6. The lowest BCUT2D eigenvalue weighted by Gasteiger charge is -2.20. The number of nitrogens with zero attached hydrogens (tertiary/aromatic N) is 4. The molecule has 4 atom stereocenters. The van der Waals surface area contributed by atoms with E-state index in [1.54, 1.807) is 10.6 Å². The Hall–Kier alpha value is -2.64. The van der Waals surface area contributed by atoms with Crippen LogP contribution in [-0.4, -0.2) is 46.7 Å². The molecule has 0 spiro atoms. The summed E-state index contributed by atoms with van der Waals surface area (Å²) in [6.45, 7) is 7.24. The highest BCUT2D eigenvalue weighted by atomic mass is 16.1. The van der Waals surface area contributed by atoms with Gasteiger partial charge in [-0.25, -0.2) is 4.79 Å². The maximum atomic E-state index is 12.6. The van der Waals surface area contributed by atoms with Crippen LogP contribution in [0, 0.1) is 23.7 Å². The zero-order valence-electron chi connectivity index (χ0n) is 18.1. The van der Waals surface area contributed by atoms with Crippen LogP contribution in [0.15, 0.2) is 53.6 Å². The Morgan fingerprint density at radius 3 is 2.29 bits per heavy atom. The van der Waals surface area contributed by atoms with E-state index >= 15 is 0 Å². The van der Waals surface area contributed by atoms with Gasteiger partial charge < -0.3 is 16.4 Å². The van der Waals surface area contributed by atoms with Crippen molar-refractivity contribution in [2.45, 2.75) is 25.9 Å². The second-order valence-corrected chi connectivity index (χ2v) is 9.39. The molecule has 0 radical (unpaired) electrons. The second kappa shape index (κ2) is 8.13. The number of aromatic nitrogens is 2. The number of anilines is 1. The minimum atomic E-state index is -0.218. The van der Waals surface area contributed by atoms with Crippen molar-refractivity contribution in [1.82, 2.24) is 14.5 Å². The lowest BCUT2D eigenvalue weighted by Crippen LogP contribution is -2.31. The Balaban J connectivity index is 0.000000473. The number of fused-ring (bicyclic) bond motifs is 2. The van der Waals surface area contributed by atoms with Crippen LogP contribution in [-0.2, 0) is 6.54 Å². The van der Waals surface area contributed by atoms with Gasteiger partial charge in [0, 0.05) is 45.0 Å². The van der Waals surface area contributed by atoms with Gasteiger partial charge in [0.1, 0.15) is 5.82 Å². The largest absolute Gasteiger partial charge is 0.405 e. The number of nitrogens with two attached hydrogens (primary N) is 2. The molecule has 4 N–H and O–H groups in total. The van der Waals surface area contributed by atoms with Crippen LogP contribution in [0.2, 0.25) is 0 Å². The molecule has 4 fully saturated rings. The molecule has 2 saturated carbocycles. The van der Waals surface area contributed by atoms with Gasteiger partial charge in [-0.2, -0.15) is 4.98 Å². The highest BCUT2D eigenvalue weighted by molar-refractivity contribution is 5.43. The second-order valence-electron chi connectivity index (χ2n) is 9.39. The predicted molar refractivity (Wildman–Crippen MR) is 123 cm³/mol. The summed E-state index contributed by atoms with van der Waals surface area (Å²) in [5.41, 5.74) is 12.8. The van der Waals surface area contributed by atoms with Gasteiger partial charge in [-0.1, -0.05) is 18.2 Å². The summed E-state index contributed by atoms with van der Waals surface area (Å²) in [5, 5.41) is 0. The third kappa shape index (κ3) is 4.12. The lowest BCUT2D eigenvalue weighted by atomic mass is 10.2.